The fourth-order valence-corrected chi connectivity index (χ4v) is 3.18. The van der Waals surface area contributed by atoms with Gasteiger partial charge < -0.3 is 4.74 Å². The maximum absolute atomic E-state index is 13.4. The maximum Gasteiger partial charge on any atom is 0.115 e. The first kappa shape index (κ1) is 12.9. The molecule has 0 saturated carbocycles. The van der Waals surface area contributed by atoms with Crippen LogP contribution in [0.2, 0.25) is 0 Å². The van der Waals surface area contributed by atoms with Crippen LogP contribution in [0.15, 0.2) is 0 Å². The van der Waals surface area contributed by atoms with Crippen LogP contribution in [-0.4, -0.2) is 42.4 Å². The first-order valence-corrected chi connectivity index (χ1v) is 5.70. The Bertz CT molecular complexity index is 212. The van der Waals surface area contributed by atoms with Crippen molar-refractivity contribution in [3.05, 3.63) is 0 Å². The molecule has 2 aliphatic heterocycles. The molecule has 0 radical (unpaired) electrons. The number of nitrogens with zero attached hydrogens (tertiary/aromatic N) is 1. The molecule has 0 spiro atoms. The highest BCUT2D eigenvalue weighted by Gasteiger charge is 2.52. The van der Waals surface area contributed by atoms with Gasteiger partial charge in [0.2, 0.25) is 0 Å². The van der Waals surface area contributed by atoms with E-state index in [1.807, 2.05) is 6.92 Å². The van der Waals surface area contributed by atoms with Gasteiger partial charge in [-0.2, -0.15) is 0 Å². The van der Waals surface area contributed by atoms with E-state index < -0.39 is 6.17 Å². The molecule has 2 fully saturated rings. The number of halogens is 1. The zero-order valence-electron chi connectivity index (χ0n) is 9.13. The molecule has 2 rings (SSSR count). The van der Waals surface area contributed by atoms with Crippen molar-refractivity contribution in [2.24, 2.45) is 0 Å². The molecular weight excluding hydrogens is 193 g/mol. The zero-order valence-corrected chi connectivity index (χ0v) is 9.13. The molecule has 3 atom stereocenters. The van der Waals surface area contributed by atoms with Gasteiger partial charge in [0.15, 0.2) is 0 Å². The van der Waals surface area contributed by atoms with Gasteiger partial charge in [0.05, 0.1) is 6.10 Å². The SMILES string of the molecule is C.CCOC(C)[C@@]12CCCN1C[C@H](F)C2. The van der Waals surface area contributed by atoms with Crippen molar-refractivity contribution in [2.45, 2.75) is 58.4 Å². The van der Waals surface area contributed by atoms with Crippen molar-refractivity contribution in [1.29, 1.82) is 0 Å². The number of hydrogen-bond donors (Lipinski definition) is 0. The fourth-order valence-electron chi connectivity index (χ4n) is 3.18. The van der Waals surface area contributed by atoms with Crippen molar-refractivity contribution in [3.63, 3.8) is 0 Å². The van der Waals surface area contributed by atoms with E-state index in [9.17, 15) is 4.39 Å². The zero-order chi connectivity index (χ0) is 10.2. The Labute approximate surface area is 92.8 Å². The second kappa shape index (κ2) is 4.79. The molecule has 0 N–H and O–H groups in total. The van der Waals surface area contributed by atoms with Gasteiger partial charge in [-0.25, -0.2) is 4.39 Å². The fraction of sp³-hybridized carbons (Fsp3) is 1.00. The van der Waals surface area contributed by atoms with E-state index in [1.54, 1.807) is 0 Å². The largest absolute Gasteiger partial charge is 0.377 e. The van der Waals surface area contributed by atoms with Crippen LogP contribution in [0, 0.1) is 0 Å². The van der Waals surface area contributed by atoms with Gasteiger partial charge in [-0.15, -0.1) is 0 Å². The van der Waals surface area contributed by atoms with Crippen LogP contribution in [-0.2, 0) is 4.74 Å². The van der Waals surface area contributed by atoms with Crippen molar-refractivity contribution >= 4 is 0 Å². The Hall–Kier alpha value is -0.150. The molecule has 90 valence electrons. The second-order valence-electron chi connectivity index (χ2n) is 4.55. The molecule has 0 amide bonds. The van der Waals surface area contributed by atoms with Crippen molar-refractivity contribution < 1.29 is 9.13 Å². The number of ether oxygens (including phenoxy) is 1. The van der Waals surface area contributed by atoms with Gasteiger partial charge in [0, 0.05) is 25.1 Å². The minimum atomic E-state index is -0.641. The molecule has 3 heteroatoms. The van der Waals surface area contributed by atoms with Crippen LogP contribution in [0.3, 0.4) is 0 Å². The number of alkyl halides is 1. The minimum Gasteiger partial charge on any atom is -0.377 e. The summed E-state index contributed by atoms with van der Waals surface area (Å²) in [7, 11) is 0. The predicted octanol–water partition coefficient (Wildman–Crippen LogP) is 2.62. The van der Waals surface area contributed by atoms with E-state index in [2.05, 4.69) is 11.8 Å². The molecule has 2 saturated heterocycles. The summed E-state index contributed by atoms with van der Waals surface area (Å²) in [6.45, 7) is 6.51. The highest BCUT2D eigenvalue weighted by molar-refractivity contribution is 5.07. The van der Waals surface area contributed by atoms with Gasteiger partial charge >= 0.3 is 0 Å². The van der Waals surface area contributed by atoms with Gasteiger partial charge in [0.1, 0.15) is 6.17 Å². The lowest BCUT2D eigenvalue weighted by molar-refractivity contribution is -0.0266. The lowest BCUT2D eigenvalue weighted by atomic mass is 9.88. The highest BCUT2D eigenvalue weighted by Crippen LogP contribution is 2.43. The highest BCUT2D eigenvalue weighted by atomic mass is 19.1. The molecule has 2 heterocycles. The third-order valence-corrected chi connectivity index (χ3v) is 3.83. The normalized spacial score (nSPS) is 37.4. The lowest BCUT2D eigenvalue weighted by Gasteiger charge is -2.37. The smallest absolute Gasteiger partial charge is 0.115 e. The summed E-state index contributed by atoms with van der Waals surface area (Å²) >= 11 is 0. The van der Waals surface area contributed by atoms with Crippen molar-refractivity contribution in [3.8, 4) is 0 Å². The number of hydrogen-bond acceptors (Lipinski definition) is 2. The molecule has 0 aliphatic carbocycles. The van der Waals surface area contributed by atoms with Gasteiger partial charge in [-0.3, -0.25) is 4.90 Å². The Kier molecular flexibility index (Phi) is 4.13. The number of fused-ring (bicyclic) bond motifs is 1. The molecule has 15 heavy (non-hydrogen) atoms. The van der Waals surface area contributed by atoms with E-state index in [0.29, 0.717) is 13.0 Å². The summed E-state index contributed by atoms with van der Waals surface area (Å²) in [6, 6.07) is 0. The first-order chi connectivity index (χ1) is 6.69. The third kappa shape index (κ3) is 2.04. The van der Waals surface area contributed by atoms with Crippen LogP contribution in [0.4, 0.5) is 4.39 Å². The van der Waals surface area contributed by atoms with E-state index in [4.69, 9.17) is 4.74 Å². The Morgan fingerprint density at radius 1 is 1.60 bits per heavy atom. The van der Waals surface area contributed by atoms with Gasteiger partial charge in [-0.1, -0.05) is 7.43 Å². The molecule has 0 bridgehead atoms. The third-order valence-electron chi connectivity index (χ3n) is 3.83. The quantitative estimate of drug-likeness (QED) is 0.720. The Morgan fingerprint density at radius 3 is 3.00 bits per heavy atom. The Morgan fingerprint density at radius 2 is 2.33 bits per heavy atom. The summed E-state index contributed by atoms with van der Waals surface area (Å²) in [5, 5.41) is 0. The van der Waals surface area contributed by atoms with Gasteiger partial charge in [-0.05, 0) is 33.2 Å². The monoisotopic (exact) mass is 217 g/mol. The van der Waals surface area contributed by atoms with E-state index in [1.165, 1.54) is 6.42 Å². The molecule has 1 unspecified atom stereocenters. The first-order valence-electron chi connectivity index (χ1n) is 5.70. The van der Waals surface area contributed by atoms with Crippen LogP contribution in [0.5, 0.6) is 0 Å². The van der Waals surface area contributed by atoms with Crippen LogP contribution >= 0.6 is 0 Å². The summed E-state index contributed by atoms with van der Waals surface area (Å²) in [5.41, 5.74) is 0.0232. The van der Waals surface area contributed by atoms with E-state index >= 15 is 0 Å². The average molecular weight is 217 g/mol. The molecule has 0 aromatic carbocycles. The summed E-state index contributed by atoms with van der Waals surface area (Å²) in [6.07, 6.45) is 2.52. The van der Waals surface area contributed by atoms with E-state index in [-0.39, 0.29) is 19.1 Å². The molecule has 2 aliphatic rings. The maximum atomic E-state index is 13.4. The molecular formula is C12H24FNO. The van der Waals surface area contributed by atoms with Crippen LogP contribution in [0.25, 0.3) is 0 Å². The van der Waals surface area contributed by atoms with Crippen LogP contribution in [0.1, 0.15) is 40.5 Å². The molecule has 0 aromatic rings. The molecule has 2 nitrogen and oxygen atoms in total. The second-order valence-corrected chi connectivity index (χ2v) is 4.55. The summed E-state index contributed by atoms with van der Waals surface area (Å²) in [4.78, 5) is 2.30. The van der Waals surface area contributed by atoms with Crippen molar-refractivity contribution in [2.75, 3.05) is 19.7 Å². The van der Waals surface area contributed by atoms with Crippen LogP contribution < -0.4 is 0 Å². The van der Waals surface area contributed by atoms with Gasteiger partial charge in [0.25, 0.3) is 0 Å². The van der Waals surface area contributed by atoms with E-state index in [0.717, 1.165) is 19.6 Å². The summed E-state index contributed by atoms with van der Waals surface area (Å²) < 4.78 is 19.1. The standard InChI is InChI=1S/C11H20FNO.CH4/c1-3-14-9(2)11-5-4-6-13(11)8-10(12)7-11;/h9-10H,3-8H2,1-2H3;1H4/t9?,10-,11+;/m1./s1. The average Bonchev–Trinajstić information content (AvgIpc) is 2.61. The predicted molar refractivity (Wildman–Crippen MR) is 60.9 cm³/mol. The topological polar surface area (TPSA) is 12.5 Å². The minimum absolute atomic E-state index is 0. The number of rotatable bonds is 3. The van der Waals surface area contributed by atoms with Crippen molar-refractivity contribution in [1.82, 2.24) is 4.90 Å². The lowest BCUT2D eigenvalue weighted by Crippen LogP contribution is -2.48. The Balaban J connectivity index is 0.00000112. The summed E-state index contributed by atoms with van der Waals surface area (Å²) in [5.74, 6) is 0. The molecule has 0 aromatic heterocycles.